The largest absolute Gasteiger partial charge is 0.374 e. The first kappa shape index (κ1) is 11.8. The molecule has 1 aliphatic carbocycles. The molecule has 92 valence electrons. The summed E-state index contributed by atoms with van der Waals surface area (Å²) in [5.41, 5.74) is -0.762. The molecule has 1 aliphatic rings. The van der Waals surface area contributed by atoms with Crippen LogP contribution in [-0.4, -0.2) is 11.0 Å². The molecule has 1 fully saturated rings. The van der Waals surface area contributed by atoms with E-state index < -0.39 is 22.2 Å². The van der Waals surface area contributed by atoms with Crippen molar-refractivity contribution < 1.29 is 13.7 Å². The Kier molecular flexibility index (Phi) is 2.95. The minimum Gasteiger partial charge on any atom is -0.374 e. The first-order chi connectivity index (χ1) is 8.04. The minimum absolute atomic E-state index is 0.00926. The van der Waals surface area contributed by atoms with Gasteiger partial charge in [-0.25, -0.2) is 8.78 Å². The molecule has 0 amide bonds. The first-order valence-corrected chi connectivity index (χ1v) is 5.43. The van der Waals surface area contributed by atoms with Crippen LogP contribution in [0.25, 0.3) is 0 Å². The minimum atomic E-state index is -1.18. The third-order valence-electron chi connectivity index (χ3n) is 3.05. The van der Waals surface area contributed by atoms with E-state index in [1.807, 2.05) is 6.92 Å². The van der Waals surface area contributed by atoms with Gasteiger partial charge in [-0.1, -0.05) is 13.3 Å². The zero-order valence-corrected chi connectivity index (χ0v) is 9.24. The van der Waals surface area contributed by atoms with Gasteiger partial charge in [0.1, 0.15) is 0 Å². The summed E-state index contributed by atoms with van der Waals surface area (Å²) in [5.74, 6) is -1.87. The van der Waals surface area contributed by atoms with E-state index in [0.717, 1.165) is 25.0 Å². The van der Waals surface area contributed by atoms with Gasteiger partial charge in [-0.2, -0.15) is 0 Å². The van der Waals surface area contributed by atoms with E-state index in [9.17, 15) is 18.9 Å². The molecule has 1 aromatic rings. The summed E-state index contributed by atoms with van der Waals surface area (Å²) in [5, 5.41) is 13.4. The van der Waals surface area contributed by atoms with Crippen molar-refractivity contribution in [2.75, 3.05) is 5.32 Å². The number of halogens is 2. The lowest BCUT2D eigenvalue weighted by atomic mass is 10.2. The molecule has 0 aliphatic heterocycles. The number of nitro groups is 1. The molecule has 2 rings (SSSR count). The van der Waals surface area contributed by atoms with Crippen LogP contribution in [0.2, 0.25) is 0 Å². The van der Waals surface area contributed by atoms with Crippen LogP contribution < -0.4 is 5.32 Å². The predicted octanol–water partition coefficient (Wildman–Crippen LogP) is 3.08. The molecule has 0 saturated heterocycles. The summed E-state index contributed by atoms with van der Waals surface area (Å²) >= 11 is 0. The molecule has 0 aromatic heterocycles. The van der Waals surface area contributed by atoms with E-state index in [-0.39, 0.29) is 11.7 Å². The van der Waals surface area contributed by atoms with Gasteiger partial charge in [-0.05, 0) is 18.4 Å². The topological polar surface area (TPSA) is 55.2 Å². The number of nitrogens with zero attached hydrogens (tertiary/aromatic N) is 1. The van der Waals surface area contributed by atoms with Crippen LogP contribution in [0.1, 0.15) is 19.8 Å². The van der Waals surface area contributed by atoms with Crippen LogP contribution >= 0.6 is 0 Å². The Bertz CT molecular complexity index is 465. The predicted molar refractivity (Wildman–Crippen MR) is 58.8 cm³/mol. The molecule has 1 saturated carbocycles. The molecule has 0 heterocycles. The van der Waals surface area contributed by atoms with Crippen molar-refractivity contribution in [3.8, 4) is 0 Å². The van der Waals surface area contributed by atoms with Gasteiger partial charge >= 0.3 is 0 Å². The summed E-state index contributed by atoms with van der Waals surface area (Å²) in [6.07, 6.45) is 1.76. The second-order valence-electron chi connectivity index (χ2n) is 4.17. The van der Waals surface area contributed by atoms with Gasteiger partial charge in [-0.15, -0.1) is 0 Å². The standard InChI is InChI=1S/C11H12F2N2O2/c1-2-6-5-8(6)14-11-9(15(16)17)4-3-7(12)10(11)13/h3-4,6,8,14H,2,5H2,1H3. The molecule has 0 spiro atoms. The van der Waals surface area contributed by atoms with Gasteiger partial charge in [0.2, 0.25) is 0 Å². The van der Waals surface area contributed by atoms with Crippen molar-refractivity contribution in [1.82, 2.24) is 0 Å². The van der Waals surface area contributed by atoms with Crippen molar-refractivity contribution >= 4 is 11.4 Å². The normalized spacial score (nSPS) is 22.3. The highest BCUT2D eigenvalue weighted by Gasteiger charge is 2.37. The van der Waals surface area contributed by atoms with E-state index in [0.29, 0.717) is 5.92 Å². The molecule has 1 aromatic carbocycles. The number of hydrogen-bond acceptors (Lipinski definition) is 3. The Hall–Kier alpha value is -1.72. The third-order valence-corrected chi connectivity index (χ3v) is 3.05. The Morgan fingerprint density at radius 2 is 2.24 bits per heavy atom. The number of nitrogens with one attached hydrogen (secondary N) is 1. The van der Waals surface area contributed by atoms with E-state index in [2.05, 4.69) is 5.32 Å². The Labute approximate surface area is 96.8 Å². The highest BCUT2D eigenvalue weighted by molar-refractivity contribution is 5.63. The molecule has 1 N–H and O–H groups in total. The summed E-state index contributed by atoms with van der Waals surface area (Å²) in [6.45, 7) is 1.99. The zero-order valence-electron chi connectivity index (χ0n) is 9.24. The van der Waals surface area contributed by atoms with Gasteiger partial charge in [0.25, 0.3) is 5.69 Å². The number of anilines is 1. The number of rotatable bonds is 4. The Morgan fingerprint density at radius 3 is 2.76 bits per heavy atom. The maximum Gasteiger partial charge on any atom is 0.295 e. The highest BCUT2D eigenvalue weighted by atomic mass is 19.2. The van der Waals surface area contributed by atoms with Crippen LogP contribution in [-0.2, 0) is 0 Å². The second-order valence-corrected chi connectivity index (χ2v) is 4.17. The van der Waals surface area contributed by atoms with Crippen molar-refractivity contribution in [3.63, 3.8) is 0 Å². The first-order valence-electron chi connectivity index (χ1n) is 5.43. The van der Waals surface area contributed by atoms with Crippen molar-refractivity contribution in [2.24, 2.45) is 5.92 Å². The van der Waals surface area contributed by atoms with E-state index in [1.165, 1.54) is 0 Å². The molecular weight excluding hydrogens is 230 g/mol. The molecular formula is C11H12F2N2O2. The fourth-order valence-electron chi connectivity index (χ4n) is 1.89. The smallest absolute Gasteiger partial charge is 0.295 e. The quantitative estimate of drug-likeness (QED) is 0.652. The summed E-state index contributed by atoms with van der Waals surface area (Å²) in [6, 6.07) is 1.75. The monoisotopic (exact) mass is 242 g/mol. The van der Waals surface area contributed by atoms with Crippen LogP contribution in [0, 0.1) is 27.7 Å². The van der Waals surface area contributed by atoms with Gasteiger partial charge in [0, 0.05) is 12.1 Å². The maximum absolute atomic E-state index is 13.5. The molecule has 2 atom stereocenters. The highest BCUT2D eigenvalue weighted by Crippen LogP contribution is 2.39. The molecule has 4 nitrogen and oxygen atoms in total. The van der Waals surface area contributed by atoms with Gasteiger partial charge in [0.15, 0.2) is 17.3 Å². The van der Waals surface area contributed by atoms with Crippen LogP contribution in [0.15, 0.2) is 12.1 Å². The molecule has 0 radical (unpaired) electrons. The molecule has 2 unspecified atom stereocenters. The van der Waals surface area contributed by atoms with E-state index >= 15 is 0 Å². The fourth-order valence-corrected chi connectivity index (χ4v) is 1.89. The van der Waals surface area contributed by atoms with Gasteiger partial charge < -0.3 is 5.32 Å². The molecule has 0 bridgehead atoms. The SMILES string of the molecule is CCC1CC1Nc1c([N+](=O)[O-])ccc(F)c1F. The van der Waals surface area contributed by atoms with Crippen LogP contribution in [0.5, 0.6) is 0 Å². The number of hydrogen-bond donors (Lipinski definition) is 1. The second kappa shape index (κ2) is 4.27. The van der Waals surface area contributed by atoms with Crippen molar-refractivity contribution in [2.45, 2.75) is 25.8 Å². The van der Waals surface area contributed by atoms with Gasteiger partial charge in [0.05, 0.1) is 4.92 Å². The van der Waals surface area contributed by atoms with E-state index in [1.54, 1.807) is 0 Å². The lowest BCUT2D eigenvalue weighted by molar-refractivity contribution is -0.384. The maximum atomic E-state index is 13.5. The zero-order chi connectivity index (χ0) is 12.6. The fraction of sp³-hybridized carbons (Fsp3) is 0.455. The average Bonchev–Trinajstić information content (AvgIpc) is 3.03. The third kappa shape index (κ3) is 2.20. The molecule has 6 heteroatoms. The van der Waals surface area contributed by atoms with Crippen LogP contribution in [0.3, 0.4) is 0 Å². The van der Waals surface area contributed by atoms with Crippen molar-refractivity contribution in [3.05, 3.63) is 33.9 Å². The summed E-state index contributed by atoms with van der Waals surface area (Å²) < 4.78 is 26.5. The Balaban J connectivity index is 2.30. The average molecular weight is 242 g/mol. The lowest BCUT2D eigenvalue weighted by Gasteiger charge is -2.08. The van der Waals surface area contributed by atoms with Gasteiger partial charge in [-0.3, -0.25) is 10.1 Å². The lowest BCUT2D eigenvalue weighted by Crippen LogP contribution is -2.09. The number of nitro benzene ring substituents is 1. The number of benzene rings is 1. The van der Waals surface area contributed by atoms with E-state index in [4.69, 9.17) is 0 Å². The molecule has 17 heavy (non-hydrogen) atoms. The van der Waals surface area contributed by atoms with Crippen LogP contribution in [0.4, 0.5) is 20.2 Å². The summed E-state index contributed by atoms with van der Waals surface area (Å²) in [4.78, 5) is 10.0. The summed E-state index contributed by atoms with van der Waals surface area (Å²) in [7, 11) is 0. The Morgan fingerprint density at radius 1 is 1.53 bits per heavy atom. The van der Waals surface area contributed by atoms with Crippen molar-refractivity contribution in [1.29, 1.82) is 0 Å².